The Labute approximate surface area is 114 Å². The summed E-state index contributed by atoms with van der Waals surface area (Å²) in [5.41, 5.74) is 1.10. The summed E-state index contributed by atoms with van der Waals surface area (Å²) >= 11 is 0. The first-order valence-electron chi connectivity index (χ1n) is 6.73. The average molecular weight is 262 g/mol. The highest BCUT2D eigenvalue weighted by atomic mass is 16.5. The van der Waals surface area contributed by atoms with Crippen LogP contribution in [0.1, 0.15) is 24.9 Å². The Morgan fingerprint density at radius 3 is 2.79 bits per heavy atom. The van der Waals surface area contributed by atoms with Gasteiger partial charge in [-0.15, -0.1) is 0 Å². The fourth-order valence-electron chi connectivity index (χ4n) is 2.67. The van der Waals surface area contributed by atoms with E-state index in [1.165, 1.54) is 0 Å². The number of ether oxygens (including phenoxy) is 1. The molecule has 0 saturated carbocycles. The smallest absolute Gasteiger partial charge is 0.222 e. The molecule has 0 aromatic heterocycles. The van der Waals surface area contributed by atoms with E-state index in [1.807, 2.05) is 36.2 Å². The third-order valence-electron chi connectivity index (χ3n) is 3.67. The molecule has 1 N–H and O–H groups in total. The number of likely N-dealkylation sites (tertiary alicyclic amines) is 1. The lowest BCUT2D eigenvalue weighted by Crippen LogP contribution is -2.35. The van der Waals surface area contributed by atoms with Gasteiger partial charge < -0.3 is 15.0 Å². The van der Waals surface area contributed by atoms with Crippen molar-refractivity contribution in [1.82, 2.24) is 10.2 Å². The molecule has 2 rings (SSSR count). The van der Waals surface area contributed by atoms with Crippen molar-refractivity contribution in [3.8, 4) is 5.75 Å². The second-order valence-corrected chi connectivity index (χ2v) is 5.19. The molecule has 1 aliphatic rings. The number of amides is 1. The van der Waals surface area contributed by atoms with Crippen molar-refractivity contribution < 1.29 is 9.53 Å². The van der Waals surface area contributed by atoms with Crippen LogP contribution in [0.3, 0.4) is 0 Å². The number of carbonyl (C=O) groups excluding carboxylic acids is 1. The van der Waals surface area contributed by atoms with Crippen molar-refractivity contribution in [1.29, 1.82) is 0 Å². The van der Waals surface area contributed by atoms with Crippen molar-refractivity contribution >= 4 is 5.91 Å². The minimum absolute atomic E-state index is 0.102. The fourth-order valence-corrected chi connectivity index (χ4v) is 2.67. The van der Waals surface area contributed by atoms with Crippen LogP contribution < -0.4 is 10.1 Å². The Bertz CT molecular complexity index is 448. The molecule has 0 bridgehead atoms. The number of hydrogen-bond acceptors (Lipinski definition) is 3. The van der Waals surface area contributed by atoms with Crippen molar-refractivity contribution in [2.75, 3.05) is 27.2 Å². The molecule has 104 valence electrons. The van der Waals surface area contributed by atoms with Gasteiger partial charge in [0.1, 0.15) is 5.75 Å². The van der Waals surface area contributed by atoms with Gasteiger partial charge in [-0.3, -0.25) is 4.79 Å². The van der Waals surface area contributed by atoms with Gasteiger partial charge >= 0.3 is 0 Å². The van der Waals surface area contributed by atoms with Crippen LogP contribution in [0.4, 0.5) is 0 Å². The standard InChI is InChI=1S/C15H22N2O2/c1-11-8-15(18)17(9-11)10-13(16-2)12-6-4-5-7-14(12)19-3/h4-7,11,13,16H,8-10H2,1-3H3. The largest absolute Gasteiger partial charge is 0.496 e. The molecular weight excluding hydrogens is 240 g/mol. The van der Waals surface area contributed by atoms with Crippen molar-refractivity contribution in [2.45, 2.75) is 19.4 Å². The summed E-state index contributed by atoms with van der Waals surface area (Å²) in [7, 11) is 3.59. The van der Waals surface area contributed by atoms with Gasteiger partial charge in [0.15, 0.2) is 0 Å². The van der Waals surface area contributed by atoms with E-state index in [0.29, 0.717) is 18.9 Å². The molecule has 1 heterocycles. The number of likely N-dealkylation sites (N-methyl/N-ethyl adjacent to an activating group) is 1. The third-order valence-corrected chi connectivity index (χ3v) is 3.67. The zero-order chi connectivity index (χ0) is 13.8. The highest BCUT2D eigenvalue weighted by Gasteiger charge is 2.29. The molecule has 2 unspecified atom stereocenters. The number of methoxy groups -OCH3 is 1. The average Bonchev–Trinajstić information content (AvgIpc) is 2.74. The summed E-state index contributed by atoms with van der Waals surface area (Å²) in [6.07, 6.45) is 0.669. The van der Waals surface area contributed by atoms with Gasteiger partial charge in [0.05, 0.1) is 13.2 Å². The van der Waals surface area contributed by atoms with Crippen molar-refractivity contribution in [2.24, 2.45) is 5.92 Å². The quantitative estimate of drug-likeness (QED) is 0.880. The first kappa shape index (κ1) is 13.9. The molecule has 0 aliphatic carbocycles. The summed E-state index contributed by atoms with van der Waals surface area (Å²) in [5.74, 6) is 1.58. The van der Waals surface area contributed by atoms with E-state index >= 15 is 0 Å². The zero-order valence-corrected chi connectivity index (χ0v) is 11.8. The van der Waals surface area contributed by atoms with Crippen LogP contribution in [-0.4, -0.2) is 38.1 Å². The molecule has 4 nitrogen and oxygen atoms in total. The molecule has 1 fully saturated rings. The first-order valence-corrected chi connectivity index (χ1v) is 6.73. The molecular formula is C15H22N2O2. The second kappa shape index (κ2) is 6.06. The van der Waals surface area contributed by atoms with E-state index in [1.54, 1.807) is 7.11 Å². The highest BCUT2D eigenvalue weighted by Crippen LogP contribution is 2.27. The normalized spacial score (nSPS) is 20.7. The van der Waals surface area contributed by atoms with Gasteiger partial charge in [-0.1, -0.05) is 25.1 Å². The number of rotatable bonds is 5. The van der Waals surface area contributed by atoms with Crippen LogP contribution in [0.5, 0.6) is 5.75 Å². The molecule has 2 atom stereocenters. The maximum absolute atomic E-state index is 11.9. The third kappa shape index (κ3) is 3.07. The maximum atomic E-state index is 11.9. The van der Waals surface area contributed by atoms with Gasteiger partial charge in [0.2, 0.25) is 5.91 Å². The van der Waals surface area contributed by atoms with Crippen LogP contribution in [0.2, 0.25) is 0 Å². The summed E-state index contributed by atoms with van der Waals surface area (Å²) in [6.45, 7) is 3.67. The SMILES string of the molecule is CNC(CN1CC(C)CC1=O)c1ccccc1OC. The molecule has 0 radical (unpaired) electrons. The predicted molar refractivity (Wildman–Crippen MR) is 75.2 cm³/mol. The number of carbonyl (C=O) groups is 1. The summed E-state index contributed by atoms with van der Waals surface area (Å²) in [5, 5.41) is 3.28. The number of benzene rings is 1. The molecule has 1 aromatic carbocycles. The molecule has 1 aromatic rings. The number of nitrogens with one attached hydrogen (secondary N) is 1. The van der Waals surface area contributed by atoms with Crippen LogP contribution in [-0.2, 0) is 4.79 Å². The summed E-state index contributed by atoms with van der Waals surface area (Å²) < 4.78 is 5.40. The zero-order valence-electron chi connectivity index (χ0n) is 11.8. The Kier molecular flexibility index (Phi) is 4.43. The molecule has 1 saturated heterocycles. The summed E-state index contributed by atoms with van der Waals surface area (Å²) in [6, 6.07) is 8.05. The molecule has 0 spiro atoms. The lowest BCUT2D eigenvalue weighted by atomic mass is 10.1. The topological polar surface area (TPSA) is 41.6 Å². The highest BCUT2D eigenvalue weighted by molar-refractivity contribution is 5.78. The monoisotopic (exact) mass is 262 g/mol. The van der Waals surface area contributed by atoms with E-state index < -0.39 is 0 Å². The maximum Gasteiger partial charge on any atom is 0.222 e. The van der Waals surface area contributed by atoms with Gasteiger partial charge in [-0.05, 0) is 19.0 Å². The molecule has 1 amide bonds. The molecule has 4 heteroatoms. The van der Waals surface area contributed by atoms with Gasteiger partial charge in [0, 0.05) is 25.1 Å². The van der Waals surface area contributed by atoms with Crippen LogP contribution in [0.15, 0.2) is 24.3 Å². The van der Waals surface area contributed by atoms with E-state index in [9.17, 15) is 4.79 Å². The first-order chi connectivity index (χ1) is 9.15. The lowest BCUT2D eigenvalue weighted by Gasteiger charge is -2.25. The van der Waals surface area contributed by atoms with Crippen LogP contribution in [0, 0.1) is 5.92 Å². The lowest BCUT2D eigenvalue weighted by molar-refractivity contribution is -0.128. The summed E-state index contributed by atoms with van der Waals surface area (Å²) in [4.78, 5) is 13.8. The Morgan fingerprint density at radius 1 is 1.47 bits per heavy atom. The van der Waals surface area contributed by atoms with Gasteiger partial charge in [0.25, 0.3) is 0 Å². The minimum atomic E-state index is 0.102. The van der Waals surface area contributed by atoms with Crippen LogP contribution in [0.25, 0.3) is 0 Å². The van der Waals surface area contributed by atoms with E-state index in [-0.39, 0.29) is 11.9 Å². The van der Waals surface area contributed by atoms with Gasteiger partial charge in [-0.25, -0.2) is 0 Å². The van der Waals surface area contributed by atoms with E-state index in [0.717, 1.165) is 17.9 Å². The van der Waals surface area contributed by atoms with Crippen LogP contribution >= 0.6 is 0 Å². The number of nitrogens with zero attached hydrogens (tertiary/aromatic N) is 1. The minimum Gasteiger partial charge on any atom is -0.496 e. The Morgan fingerprint density at radius 2 is 2.21 bits per heavy atom. The molecule has 1 aliphatic heterocycles. The number of hydrogen-bond donors (Lipinski definition) is 1. The number of para-hydroxylation sites is 1. The fraction of sp³-hybridized carbons (Fsp3) is 0.533. The Balaban J connectivity index is 2.14. The molecule has 19 heavy (non-hydrogen) atoms. The Hall–Kier alpha value is -1.55. The predicted octanol–water partition coefficient (Wildman–Crippen LogP) is 1.82. The van der Waals surface area contributed by atoms with Crippen molar-refractivity contribution in [3.05, 3.63) is 29.8 Å². The van der Waals surface area contributed by atoms with Crippen molar-refractivity contribution in [3.63, 3.8) is 0 Å². The van der Waals surface area contributed by atoms with Gasteiger partial charge in [-0.2, -0.15) is 0 Å². The van der Waals surface area contributed by atoms with E-state index in [4.69, 9.17) is 4.74 Å². The van der Waals surface area contributed by atoms with E-state index in [2.05, 4.69) is 12.2 Å². The second-order valence-electron chi connectivity index (χ2n) is 5.19.